The summed E-state index contributed by atoms with van der Waals surface area (Å²) in [6.45, 7) is 14.3. The van der Waals surface area contributed by atoms with Crippen LogP contribution >= 0.6 is 0 Å². The normalized spacial score (nSPS) is 12.6. The molecule has 0 bridgehead atoms. The van der Waals surface area contributed by atoms with Gasteiger partial charge in [0.05, 0.1) is 0 Å². The Labute approximate surface area is 70.7 Å². The van der Waals surface area contributed by atoms with Gasteiger partial charge in [-0.15, -0.1) is 0 Å². The van der Waals surface area contributed by atoms with Gasteiger partial charge in [0.15, 0.2) is 0 Å². The fraction of sp³-hybridized carbons (Fsp3) is 1.00. The van der Waals surface area contributed by atoms with Gasteiger partial charge in [0.25, 0.3) is 0 Å². The van der Waals surface area contributed by atoms with E-state index < -0.39 is 14.7 Å². The van der Waals surface area contributed by atoms with Crippen molar-refractivity contribution in [3.05, 3.63) is 0 Å². The van der Waals surface area contributed by atoms with E-state index in [4.69, 9.17) is 0 Å². The minimum atomic E-state index is -0.521. The first-order chi connectivity index (χ1) is 4.46. The summed E-state index contributed by atoms with van der Waals surface area (Å²) >= 11 is -0.521. The molecule has 0 N–H and O–H groups in total. The summed E-state index contributed by atoms with van der Waals surface area (Å²) in [7, 11) is 0. The third kappa shape index (κ3) is 3.10. The van der Waals surface area contributed by atoms with Gasteiger partial charge in [-0.1, -0.05) is 0 Å². The van der Waals surface area contributed by atoms with E-state index >= 15 is 0 Å². The summed E-state index contributed by atoms with van der Waals surface area (Å²) in [6.07, 6.45) is 0. The van der Waals surface area contributed by atoms with Crippen LogP contribution in [-0.2, 0) is 0 Å². The molecule has 1 heteroatoms. The molecule has 0 unspecified atom stereocenters. The van der Waals surface area contributed by atoms with E-state index in [0.29, 0.717) is 0 Å². The molecule has 0 aliphatic rings. The van der Waals surface area contributed by atoms with Crippen LogP contribution in [0.4, 0.5) is 0 Å². The average Bonchev–Trinajstić information content (AvgIpc) is 1.59. The SMILES string of the molecule is CC(C)[As](C(C)C)C(C)C. The second kappa shape index (κ2) is 4.44. The number of hydrogen-bond donors (Lipinski definition) is 0. The number of hydrogen-bond acceptors (Lipinski definition) is 0. The van der Waals surface area contributed by atoms with E-state index in [0.717, 1.165) is 14.1 Å². The summed E-state index contributed by atoms with van der Waals surface area (Å²) in [5, 5.41) is 0. The predicted molar refractivity (Wildman–Crippen MR) is 51.0 cm³/mol. The zero-order valence-electron chi connectivity index (χ0n) is 8.18. The first kappa shape index (κ1) is 10.6. The van der Waals surface area contributed by atoms with Crippen LogP contribution < -0.4 is 0 Å². The zero-order valence-corrected chi connectivity index (χ0v) is 10.1. The zero-order chi connectivity index (χ0) is 8.31. The Hall–Kier alpha value is 0.558. The summed E-state index contributed by atoms with van der Waals surface area (Å²) < 4.78 is 2.94. The van der Waals surface area contributed by atoms with Gasteiger partial charge in [-0.25, -0.2) is 0 Å². The molecule has 0 saturated carbocycles. The molecule has 0 aromatic rings. The van der Waals surface area contributed by atoms with Crippen molar-refractivity contribution in [1.82, 2.24) is 0 Å². The molecule has 10 heavy (non-hydrogen) atoms. The average molecular weight is 204 g/mol. The second-order valence-electron chi connectivity index (χ2n) is 3.73. The first-order valence-corrected chi connectivity index (χ1v) is 7.49. The van der Waals surface area contributed by atoms with Crippen LogP contribution in [0.3, 0.4) is 0 Å². The van der Waals surface area contributed by atoms with E-state index in [-0.39, 0.29) is 0 Å². The van der Waals surface area contributed by atoms with Crippen molar-refractivity contribution in [3.63, 3.8) is 0 Å². The van der Waals surface area contributed by atoms with Crippen molar-refractivity contribution >= 4 is 14.7 Å². The second-order valence-corrected chi connectivity index (χ2v) is 12.1. The van der Waals surface area contributed by atoms with Gasteiger partial charge in [-0.05, 0) is 0 Å². The Morgan fingerprint density at radius 1 is 0.600 bits per heavy atom. The summed E-state index contributed by atoms with van der Waals surface area (Å²) in [5.74, 6) is 0. The third-order valence-electron chi connectivity index (χ3n) is 1.79. The fourth-order valence-electron chi connectivity index (χ4n) is 1.79. The van der Waals surface area contributed by atoms with Crippen molar-refractivity contribution in [2.45, 2.75) is 55.7 Å². The van der Waals surface area contributed by atoms with E-state index in [1.807, 2.05) is 0 Å². The van der Waals surface area contributed by atoms with Gasteiger partial charge in [0, 0.05) is 0 Å². The molecule has 0 atom stereocenters. The molecule has 0 spiro atoms. The van der Waals surface area contributed by atoms with Crippen LogP contribution in [0.1, 0.15) is 41.5 Å². The Morgan fingerprint density at radius 2 is 0.800 bits per heavy atom. The molecule has 0 amide bonds. The predicted octanol–water partition coefficient (Wildman–Crippen LogP) is 3.71. The third-order valence-corrected chi connectivity index (χ3v) is 9.30. The van der Waals surface area contributed by atoms with Crippen molar-refractivity contribution in [2.75, 3.05) is 0 Å². The van der Waals surface area contributed by atoms with Crippen LogP contribution in [0.25, 0.3) is 0 Å². The Balaban J connectivity index is 3.98. The molecule has 0 rings (SSSR count). The standard InChI is InChI=1S/C9H21As/c1-7(2)10(8(3)4)9(5)6/h7-9H,1-6H3. The van der Waals surface area contributed by atoms with Gasteiger partial charge in [-0.2, -0.15) is 0 Å². The molecule has 0 fully saturated rings. The molecule has 0 aromatic carbocycles. The topological polar surface area (TPSA) is 0 Å². The van der Waals surface area contributed by atoms with Crippen LogP contribution in [0.2, 0.25) is 14.1 Å². The summed E-state index contributed by atoms with van der Waals surface area (Å²) in [5.41, 5.74) is 0. The maximum atomic E-state index is 2.39. The molecule has 0 heterocycles. The summed E-state index contributed by atoms with van der Waals surface area (Å²) in [6, 6.07) is 0. The van der Waals surface area contributed by atoms with Crippen LogP contribution in [-0.4, -0.2) is 14.7 Å². The molecule has 62 valence electrons. The van der Waals surface area contributed by atoms with Crippen molar-refractivity contribution < 1.29 is 0 Å². The van der Waals surface area contributed by atoms with Gasteiger partial charge in [0.2, 0.25) is 0 Å². The van der Waals surface area contributed by atoms with E-state index in [9.17, 15) is 0 Å². The van der Waals surface area contributed by atoms with Crippen LogP contribution in [0.15, 0.2) is 0 Å². The van der Waals surface area contributed by atoms with Gasteiger partial charge in [-0.3, -0.25) is 0 Å². The number of rotatable bonds is 3. The molecule has 0 saturated heterocycles. The fourth-order valence-corrected chi connectivity index (χ4v) is 9.30. The quantitative estimate of drug-likeness (QED) is 0.615. The molecule has 0 aromatic heterocycles. The minimum absolute atomic E-state index is 0.521. The van der Waals surface area contributed by atoms with Crippen molar-refractivity contribution in [2.24, 2.45) is 0 Å². The molecular formula is C9H21As. The van der Waals surface area contributed by atoms with Crippen LogP contribution in [0, 0.1) is 0 Å². The molecule has 0 aliphatic carbocycles. The van der Waals surface area contributed by atoms with E-state index in [1.165, 1.54) is 0 Å². The molecular weight excluding hydrogens is 183 g/mol. The van der Waals surface area contributed by atoms with E-state index in [1.54, 1.807) is 0 Å². The molecule has 0 radical (unpaired) electrons. The Bertz CT molecular complexity index is 65.7. The Morgan fingerprint density at radius 3 is 0.800 bits per heavy atom. The van der Waals surface area contributed by atoms with Gasteiger partial charge >= 0.3 is 70.3 Å². The first-order valence-electron chi connectivity index (χ1n) is 4.24. The van der Waals surface area contributed by atoms with Gasteiger partial charge < -0.3 is 0 Å². The Kier molecular flexibility index (Phi) is 4.69. The maximum absolute atomic E-state index is 2.39. The van der Waals surface area contributed by atoms with Crippen molar-refractivity contribution in [3.8, 4) is 0 Å². The molecule has 0 nitrogen and oxygen atoms in total. The molecule has 0 aliphatic heterocycles. The van der Waals surface area contributed by atoms with E-state index in [2.05, 4.69) is 41.5 Å². The van der Waals surface area contributed by atoms with Gasteiger partial charge in [0.1, 0.15) is 0 Å². The van der Waals surface area contributed by atoms with Crippen molar-refractivity contribution in [1.29, 1.82) is 0 Å². The monoisotopic (exact) mass is 204 g/mol. The van der Waals surface area contributed by atoms with Crippen LogP contribution in [0.5, 0.6) is 0 Å². The summed E-state index contributed by atoms with van der Waals surface area (Å²) in [4.78, 5) is 0.